The minimum Gasteiger partial charge on any atom is -0.508 e. The molecule has 3 rings (SSSR count). The molecule has 0 unspecified atom stereocenters. The lowest BCUT2D eigenvalue weighted by atomic mass is 10.2. The fraction of sp³-hybridized carbons (Fsp3) is 0.188. The molecule has 0 atom stereocenters. The molecule has 1 amide bonds. The summed E-state index contributed by atoms with van der Waals surface area (Å²) in [6.07, 6.45) is 0. The number of carbonyl (C=O) groups excluding carboxylic acids is 1. The van der Waals surface area contributed by atoms with E-state index < -0.39 is 0 Å². The zero-order valence-electron chi connectivity index (χ0n) is 12.8. The van der Waals surface area contributed by atoms with Crippen LogP contribution in [0.3, 0.4) is 0 Å². The number of anilines is 1. The van der Waals surface area contributed by atoms with Crippen LogP contribution in [0.2, 0.25) is 0 Å². The highest BCUT2D eigenvalue weighted by atomic mass is 32.1. The number of carbonyl (C=O) groups is 1. The summed E-state index contributed by atoms with van der Waals surface area (Å²) in [7, 11) is 0. The topological polar surface area (TPSA) is 80.0 Å². The Morgan fingerprint density at radius 3 is 2.96 bits per heavy atom. The van der Waals surface area contributed by atoms with Gasteiger partial charge in [-0.3, -0.25) is 14.8 Å². The number of aromatic hydroxyl groups is 1. The highest BCUT2D eigenvalue weighted by Crippen LogP contribution is 2.27. The second-order valence-electron chi connectivity index (χ2n) is 5.03. The highest BCUT2D eigenvalue weighted by molar-refractivity contribution is 7.14. The Morgan fingerprint density at radius 1 is 1.39 bits per heavy atom. The van der Waals surface area contributed by atoms with Crippen LogP contribution in [0.5, 0.6) is 5.75 Å². The number of phenols is 1. The zero-order valence-corrected chi connectivity index (χ0v) is 13.6. The summed E-state index contributed by atoms with van der Waals surface area (Å²) in [5.41, 5.74) is 2.83. The fourth-order valence-corrected chi connectivity index (χ4v) is 2.97. The number of phenolic OH excluding ortho intramolecular Hbond substituents is 1. The molecule has 2 aromatic heterocycles. The first-order valence-electron chi connectivity index (χ1n) is 7.17. The van der Waals surface area contributed by atoms with Crippen molar-refractivity contribution in [2.24, 2.45) is 0 Å². The van der Waals surface area contributed by atoms with Gasteiger partial charge in [0.05, 0.1) is 11.4 Å². The van der Waals surface area contributed by atoms with Gasteiger partial charge >= 0.3 is 0 Å². The Bertz CT molecular complexity index is 853. The lowest BCUT2D eigenvalue weighted by Crippen LogP contribution is -2.17. The van der Waals surface area contributed by atoms with Crippen LogP contribution in [0.25, 0.3) is 11.3 Å². The first kappa shape index (κ1) is 15.2. The molecule has 0 spiro atoms. The van der Waals surface area contributed by atoms with Gasteiger partial charge in [0, 0.05) is 17.5 Å². The van der Waals surface area contributed by atoms with E-state index in [1.807, 2.05) is 25.3 Å². The molecule has 1 aromatic carbocycles. The number of thiazole rings is 1. The molecule has 0 saturated heterocycles. The van der Waals surface area contributed by atoms with Crippen LogP contribution in [0.15, 0.2) is 35.7 Å². The molecule has 2 heterocycles. The standard InChI is InChI=1S/C16H16N4O2S/c1-3-20-14(7-10(2)19-20)15(22)18-16-17-13(9-23-16)11-5-4-6-12(21)8-11/h4-9,21H,3H2,1-2H3,(H,17,18,22). The minimum absolute atomic E-state index is 0.184. The van der Waals surface area contributed by atoms with Crippen molar-refractivity contribution in [3.8, 4) is 17.0 Å². The van der Waals surface area contributed by atoms with E-state index in [1.165, 1.54) is 11.3 Å². The summed E-state index contributed by atoms with van der Waals surface area (Å²) in [6.45, 7) is 4.42. The number of aryl methyl sites for hydroxylation is 2. The third-order valence-corrected chi connectivity index (χ3v) is 4.06. The van der Waals surface area contributed by atoms with Crippen LogP contribution in [0.1, 0.15) is 23.1 Å². The van der Waals surface area contributed by atoms with Gasteiger partial charge in [-0.1, -0.05) is 12.1 Å². The van der Waals surface area contributed by atoms with Crippen LogP contribution in [-0.4, -0.2) is 25.8 Å². The number of nitrogens with zero attached hydrogens (tertiary/aromatic N) is 3. The van der Waals surface area contributed by atoms with Crippen LogP contribution < -0.4 is 5.32 Å². The lowest BCUT2D eigenvalue weighted by molar-refractivity contribution is 0.101. The number of aromatic nitrogens is 3. The molecule has 3 aromatic rings. The van der Waals surface area contributed by atoms with Gasteiger partial charge in [-0.25, -0.2) is 4.98 Å². The Balaban J connectivity index is 1.80. The molecule has 0 saturated carbocycles. The predicted molar refractivity (Wildman–Crippen MR) is 89.8 cm³/mol. The third-order valence-electron chi connectivity index (χ3n) is 3.30. The molecule has 0 bridgehead atoms. The lowest BCUT2D eigenvalue weighted by Gasteiger charge is -2.03. The Labute approximate surface area is 137 Å². The van der Waals surface area contributed by atoms with Gasteiger partial charge in [-0.15, -0.1) is 11.3 Å². The molecule has 0 aliphatic rings. The van der Waals surface area contributed by atoms with Crippen molar-refractivity contribution in [2.45, 2.75) is 20.4 Å². The van der Waals surface area contributed by atoms with Gasteiger partial charge in [0.2, 0.25) is 0 Å². The van der Waals surface area contributed by atoms with Gasteiger partial charge in [0.1, 0.15) is 11.4 Å². The number of amides is 1. The molecule has 0 fully saturated rings. The summed E-state index contributed by atoms with van der Waals surface area (Å²) in [5, 5.41) is 18.9. The van der Waals surface area contributed by atoms with E-state index in [2.05, 4.69) is 15.4 Å². The first-order valence-corrected chi connectivity index (χ1v) is 8.05. The van der Waals surface area contributed by atoms with Crippen molar-refractivity contribution in [3.05, 3.63) is 47.1 Å². The summed E-state index contributed by atoms with van der Waals surface area (Å²) >= 11 is 1.34. The van der Waals surface area contributed by atoms with Crippen molar-refractivity contribution < 1.29 is 9.90 Å². The van der Waals surface area contributed by atoms with Crippen molar-refractivity contribution in [2.75, 3.05) is 5.32 Å². The van der Waals surface area contributed by atoms with E-state index in [1.54, 1.807) is 28.9 Å². The summed E-state index contributed by atoms with van der Waals surface area (Å²) < 4.78 is 1.66. The minimum atomic E-state index is -0.232. The second-order valence-corrected chi connectivity index (χ2v) is 5.89. The fourth-order valence-electron chi connectivity index (χ4n) is 2.26. The number of benzene rings is 1. The van der Waals surface area contributed by atoms with Crippen LogP contribution >= 0.6 is 11.3 Å². The molecular formula is C16H16N4O2S. The van der Waals surface area contributed by atoms with Gasteiger partial charge in [0.15, 0.2) is 5.13 Å². The van der Waals surface area contributed by atoms with Crippen molar-refractivity contribution in [1.82, 2.24) is 14.8 Å². The molecule has 0 aliphatic carbocycles. The van der Waals surface area contributed by atoms with Crippen LogP contribution in [0, 0.1) is 6.92 Å². The number of rotatable bonds is 4. The Kier molecular flexibility index (Phi) is 4.12. The van der Waals surface area contributed by atoms with E-state index in [0.717, 1.165) is 11.3 Å². The molecular weight excluding hydrogens is 312 g/mol. The molecule has 23 heavy (non-hydrogen) atoms. The van der Waals surface area contributed by atoms with Gasteiger partial charge in [0.25, 0.3) is 5.91 Å². The SMILES string of the molecule is CCn1nc(C)cc1C(=O)Nc1nc(-c2cccc(O)c2)cs1. The summed E-state index contributed by atoms with van der Waals surface area (Å²) in [6, 6.07) is 8.60. The van der Waals surface area contributed by atoms with E-state index in [0.29, 0.717) is 23.1 Å². The molecule has 2 N–H and O–H groups in total. The van der Waals surface area contributed by atoms with Crippen molar-refractivity contribution >= 4 is 22.4 Å². The molecule has 0 aliphatic heterocycles. The number of hydrogen-bond acceptors (Lipinski definition) is 5. The third kappa shape index (κ3) is 3.24. The van der Waals surface area contributed by atoms with Crippen LogP contribution in [-0.2, 0) is 6.54 Å². The highest BCUT2D eigenvalue weighted by Gasteiger charge is 2.15. The normalized spacial score (nSPS) is 10.7. The first-order chi connectivity index (χ1) is 11.1. The maximum absolute atomic E-state index is 12.4. The maximum atomic E-state index is 12.4. The largest absolute Gasteiger partial charge is 0.508 e. The van der Waals surface area contributed by atoms with E-state index in [-0.39, 0.29) is 11.7 Å². The Morgan fingerprint density at radius 2 is 2.22 bits per heavy atom. The van der Waals surface area contributed by atoms with E-state index in [4.69, 9.17) is 0 Å². The Hall–Kier alpha value is -2.67. The number of nitrogens with one attached hydrogen (secondary N) is 1. The van der Waals surface area contributed by atoms with E-state index >= 15 is 0 Å². The molecule has 6 nitrogen and oxygen atoms in total. The van der Waals surface area contributed by atoms with Crippen molar-refractivity contribution in [1.29, 1.82) is 0 Å². The van der Waals surface area contributed by atoms with Crippen LogP contribution in [0.4, 0.5) is 5.13 Å². The monoisotopic (exact) mass is 328 g/mol. The molecule has 118 valence electrons. The van der Waals surface area contributed by atoms with Gasteiger partial charge in [-0.05, 0) is 32.0 Å². The summed E-state index contributed by atoms with van der Waals surface area (Å²) in [4.78, 5) is 16.8. The molecule has 0 radical (unpaired) electrons. The zero-order chi connectivity index (χ0) is 16.4. The average Bonchev–Trinajstić information content (AvgIpc) is 3.13. The quantitative estimate of drug-likeness (QED) is 0.770. The second kappa shape index (κ2) is 6.21. The average molecular weight is 328 g/mol. The molecule has 7 heteroatoms. The predicted octanol–water partition coefficient (Wildman–Crippen LogP) is 3.29. The smallest absolute Gasteiger partial charge is 0.275 e. The van der Waals surface area contributed by atoms with Gasteiger partial charge in [-0.2, -0.15) is 5.10 Å². The maximum Gasteiger partial charge on any atom is 0.275 e. The van der Waals surface area contributed by atoms with Gasteiger partial charge < -0.3 is 5.11 Å². The van der Waals surface area contributed by atoms with Crippen molar-refractivity contribution in [3.63, 3.8) is 0 Å². The summed E-state index contributed by atoms with van der Waals surface area (Å²) in [5.74, 6) is -0.0485. The number of hydrogen-bond donors (Lipinski definition) is 2. The van der Waals surface area contributed by atoms with E-state index in [9.17, 15) is 9.90 Å².